The zero-order valence-electron chi connectivity index (χ0n) is 15.9. The Kier molecular flexibility index (Phi) is 5.12. The molecule has 2 aromatic carbocycles. The van der Waals surface area contributed by atoms with Crippen LogP contribution < -0.4 is 21.1 Å². The van der Waals surface area contributed by atoms with Gasteiger partial charge in [0.1, 0.15) is 5.75 Å². The van der Waals surface area contributed by atoms with Crippen LogP contribution in [0.15, 0.2) is 73.1 Å². The normalized spacial score (nSPS) is 11.3. The Bertz CT molecular complexity index is 1240. The lowest BCUT2D eigenvalue weighted by atomic mass is 10.1. The Morgan fingerprint density at radius 3 is 2.48 bits per heavy atom. The van der Waals surface area contributed by atoms with Crippen LogP contribution in [0, 0.1) is 0 Å². The van der Waals surface area contributed by atoms with Gasteiger partial charge in [-0.05, 0) is 35.9 Å². The van der Waals surface area contributed by atoms with Crippen LogP contribution in [-0.4, -0.2) is 21.8 Å². The van der Waals surface area contributed by atoms with Gasteiger partial charge in [-0.15, -0.1) is 13.2 Å². The lowest BCUT2D eigenvalue weighted by Gasteiger charge is -2.12. The molecule has 0 fully saturated rings. The third kappa shape index (κ3) is 4.69. The number of nitrogens with one attached hydrogen (secondary N) is 2. The van der Waals surface area contributed by atoms with Crippen molar-refractivity contribution < 1.29 is 22.7 Å². The summed E-state index contributed by atoms with van der Waals surface area (Å²) in [5.74, 6) is -0.0409. The first kappa shape index (κ1) is 20.1. The van der Waals surface area contributed by atoms with E-state index in [2.05, 4.69) is 20.4 Å². The molecule has 2 aromatic heterocycles. The summed E-state index contributed by atoms with van der Waals surface area (Å²) in [5.41, 5.74) is 9.16. The van der Waals surface area contributed by atoms with Gasteiger partial charge in [0.2, 0.25) is 5.95 Å². The van der Waals surface area contributed by atoms with Crippen LogP contribution in [0.3, 0.4) is 0 Å². The van der Waals surface area contributed by atoms with E-state index in [1.54, 1.807) is 22.7 Å². The topological polar surface area (TPSA) is 93.7 Å². The molecule has 0 aliphatic heterocycles. The minimum absolute atomic E-state index is 0.154. The largest absolute Gasteiger partial charge is 0.573 e. The maximum atomic E-state index is 12.3. The van der Waals surface area contributed by atoms with Gasteiger partial charge in [0.05, 0.1) is 11.7 Å². The maximum absolute atomic E-state index is 12.3. The van der Waals surface area contributed by atoms with Gasteiger partial charge in [0, 0.05) is 29.2 Å². The number of carbonyl (C=O) groups excluding carboxylic acids is 1. The van der Waals surface area contributed by atoms with E-state index in [1.165, 1.54) is 12.1 Å². The van der Waals surface area contributed by atoms with E-state index in [4.69, 9.17) is 5.73 Å². The van der Waals surface area contributed by atoms with E-state index in [9.17, 15) is 18.0 Å². The lowest BCUT2D eigenvalue weighted by molar-refractivity contribution is -0.274. The molecule has 0 atom stereocenters. The standard InChI is InChI=1S/C21H16F3N5O2/c22-21(23,24)31-16-4-1-3-15(11-16)28-20(30)27-14-8-6-13(7-9-14)17-5-2-10-29-18(17)12-26-19(29)25/h1-12H,(H2,25,26)(H2,27,28,30). The second kappa shape index (κ2) is 7.90. The average molecular weight is 427 g/mol. The number of carbonyl (C=O) groups is 1. The number of aromatic nitrogens is 2. The third-order valence-corrected chi connectivity index (χ3v) is 4.38. The summed E-state index contributed by atoms with van der Waals surface area (Å²) in [4.78, 5) is 16.3. The summed E-state index contributed by atoms with van der Waals surface area (Å²) in [6.45, 7) is 0. The molecule has 4 N–H and O–H groups in total. The summed E-state index contributed by atoms with van der Waals surface area (Å²) in [6.07, 6.45) is -1.31. The fraction of sp³-hybridized carbons (Fsp3) is 0.0476. The SMILES string of the molecule is Nc1ncc2c(-c3ccc(NC(=O)Nc4cccc(OC(F)(F)F)c4)cc3)cccn12. The van der Waals surface area contributed by atoms with Gasteiger partial charge in [0.15, 0.2) is 0 Å². The highest BCUT2D eigenvalue weighted by Crippen LogP contribution is 2.27. The smallest absolute Gasteiger partial charge is 0.406 e. The van der Waals surface area contributed by atoms with Crippen molar-refractivity contribution in [3.05, 3.63) is 73.1 Å². The second-order valence-corrected chi connectivity index (χ2v) is 6.53. The number of hydrogen-bond acceptors (Lipinski definition) is 4. The Balaban J connectivity index is 1.44. The number of anilines is 3. The average Bonchev–Trinajstić information content (AvgIpc) is 3.09. The summed E-state index contributed by atoms with van der Waals surface area (Å²) in [7, 11) is 0. The summed E-state index contributed by atoms with van der Waals surface area (Å²) < 4.78 is 42.6. The number of ether oxygens (including phenoxy) is 1. The monoisotopic (exact) mass is 427 g/mol. The molecule has 31 heavy (non-hydrogen) atoms. The van der Waals surface area contributed by atoms with Crippen molar-refractivity contribution in [3.8, 4) is 16.9 Å². The van der Waals surface area contributed by atoms with Gasteiger partial charge in [-0.2, -0.15) is 0 Å². The molecular weight excluding hydrogens is 411 g/mol. The number of benzene rings is 2. The number of nitrogens with two attached hydrogens (primary N) is 1. The predicted molar refractivity (Wildman–Crippen MR) is 111 cm³/mol. The van der Waals surface area contributed by atoms with Gasteiger partial charge in [0.25, 0.3) is 0 Å². The second-order valence-electron chi connectivity index (χ2n) is 6.53. The molecule has 158 valence electrons. The molecule has 0 saturated carbocycles. The fourth-order valence-electron chi connectivity index (χ4n) is 3.08. The first-order valence-corrected chi connectivity index (χ1v) is 9.04. The van der Waals surface area contributed by atoms with Gasteiger partial charge in [-0.3, -0.25) is 4.40 Å². The van der Waals surface area contributed by atoms with Gasteiger partial charge in [-0.25, -0.2) is 9.78 Å². The zero-order chi connectivity index (χ0) is 22.0. The number of fused-ring (bicyclic) bond motifs is 1. The van der Waals surface area contributed by atoms with E-state index >= 15 is 0 Å². The number of nitrogen functional groups attached to an aromatic ring is 1. The van der Waals surface area contributed by atoms with E-state index in [0.29, 0.717) is 11.6 Å². The molecule has 0 radical (unpaired) electrons. The molecular formula is C21H16F3N5O2. The van der Waals surface area contributed by atoms with Crippen molar-refractivity contribution in [2.45, 2.75) is 6.36 Å². The number of imidazole rings is 1. The molecule has 2 heterocycles. The van der Waals surface area contributed by atoms with E-state index in [1.807, 2.05) is 30.5 Å². The Morgan fingerprint density at radius 2 is 1.74 bits per heavy atom. The number of halogens is 3. The first-order valence-electron chi connectivity index (χ1n) is 9.04. The van der Waals surface area contributed by atoms with Crippen molar-refractivity contribution in [3.63, 3.8) is 0 Å². The highest BCUT2D eigenvalue weighted by atomic mass is 19.4. The van der Waals surface area contributed by atoms with Crippen LogP contribution in [0.5, 0.6) is 5.75 Å². The number of rotatable bonds is 4. The number of amides is 2. The highest BCUT2D eigenvalue weighted by Gasteiger charge is 2.31. The number of urea groups is 1. The van der Waals surface area contributed by atoms with Crippen LogP contribution in [-0.2, 0) is 0 Å². The molecule has 0 saturated heterocycles. The molecule has 0 aliphatic rings. The zero-order valence-corrected chi connectivity index (χ0v) is 15.9. The van der Waals surface area contributed by atoms with Gasteiger partial charge in [-0.1, -0.05) is 24.3 Å². The molecule has 0 bridgehead atoms. The Labute approximate surface area is 174 Å². The number of hydrogen-bond donors (Lipinski definition) is 3. The number of pyridine rings is 1. The Hall–Kier alpha value is -4.21. The summed E-state index contributed by atoms with van der Waals surface area (Å²) in [6, 6.07) is 15.3. The lowest BCUT2D eigenvalue weighted by Crippen LogP contribution is -2.20. The molecule has 0 aliphatic carbocycles. The summed E-state index contributed by atoms with van der Waals surface area (Å²) >= 11 is 0. The maximum Gasteiger partial charge on any atom is 0.573 e. The van der Waals surface area contributed by atoms with Crippen LogP contribution in [0.2, 0.25) is 0 Å². The molecule has 10 heteroatoms. The minimum Gasteiger partial charge on any atom is -0.406 e. The molecule has 0 unspecified atom stereocenters. The highest BCUT2D eigenvalue weighted by molar-refractivity contribution is 6.00. The molecule has 0 spiro atoms. The van der Waals surface area contributed by atoms with E-state index in [-0.39, 0.29) is 5.69 Å². The fourth-order valence-corrected chi connectivity index (χ4v) is 3.08. The molecule has 4 aromatic rings. The van der Waals surface area contributed by atoms with Crippen LogP contribution in [0.25, 0.3) is 16.6 Å². The van der Waals surface area contributed by atoms with Gasteiger partial charge >= 0.3 is 12.4 Å². The van der Waals surface area contributed by atoms with Crippen LogP contribution in [0.4, 0.5) is 35.3 Å². The van der Waals surface area contributed by atoms with E-state index in [0.717, 1.165) is 28.8 Å². The van der Waals surface area contributed by atoms with Crippen molar-refractivity contribution in [2.75, 3.05) is 16.4 Å². The van der Waals surface area contributed by atoms with Crippen LogP contribution in [0.1, 0.15) is 0 Å². The number of nitrogens with zero attached hydrogens (tertiary/aromatic N) is 2. The third-order valence-electron chi connectivity index (χ3n) is 4.38. The van der Waals surface area contributed by atoms with Crippen molar-refractivity contribution >= 4 is 28.9 Å². The molecule has 4 rings (SSSR count). The van der Waals surface area contributed by atoms with Crippen molar-refractivity contribution in [1.29, 1.82) is 0 Å². The van der Waals surface area contributed by atoms with Crippen LogP contribution >= 0.6 is 0 Å². The molecule has 2 amide bonds. The van der Waals surface area contributed by atoms with Crippen molar-refractivity contribution in [2.24, 2.45) is 0 Å². The predicted octanol–water partition coefficient (Wildman–Crippen LogP) is 5.13. The van der Waals surface area contributed by atoms with E-state index < -0.39 is 18.1 Å². The first-order chi connectivity index (χ1) is 14.8. The molecule has 7 nitrogen and oxygen atoms in total. The van der Waals surface area contributed by atoms with Crippen molar-refractivity contribution in [1.82, 2.24) is 9.38 Å². The number of alkyl halides is 3. The Morgan fingerprint density at radius 1 is 1.00 bits per heavy atom. The minimum atomic E-state index is -4.81. The summed E-state index contributed by atoms with van der Waals surface area (Å²) in [5, 5.41) is 5.09. The van der Waals surface area contributed by atoms with Gasteiger partial charge < -0.3 is 21.1 Å². The quantitative estimate of drug-likeness (QED) is 0.421.